The summed E-state index contributed by atoms with van der Waals surface area (Å²) in [5.41, 5.74) is 3.35. The smallest absolute Gasteiger partial charge is 0.264 e. The van der Waals surface area contributed by atoms with Gasteiger partial charge >= 0.3 is 0 Å². The maximum atomic E-state index is 12.8. The predicted octanol–water partition coefficient (Wildman–Crippen LogP) is 3.57. The Kier molecular flexibility index (Phi) is 4.91. The van der Waals surface area contributed by atoms with Crippen LogP contribution in [0.5, 0.6) is 0 Å². The Bertz CT molecular complexity index is 1250. The molecule has 144 valence electrons. The first kappa shape index (κ1) is 18.6. The molecule has 0 saturated carbocycles. The normalized spacial score (nSPS) is 10.8. The van der Waals surface area contributed by atoms with E-state index in [0.717, 1.165) is 27.6 Å². The molecule has 0 spiro atoms. The van der Waals surface area contributed by atoms with Gasteiger partial charge in [0.15, 0.2) is 0 Å². The molecule has 1 N–H and O–H groups in total. The number of H-pyrrole nitrogens is 1. The van der Waals surface area contributed by atoms with Crippen LogP contribution in [0.3, 0.4) is 0 Å². The number of aromatic nitrogens is 3. The van der Waals surface area contributed by atoms with Gasteiger partial charge in [0.25, 0.3) is 11.5 Å². The van der Waals surface area contributed by atoms with Gasteiger partial charge in [-0.3, -0.25) is 14.6 Å². The minimum atomic E-state index is -0.449. The average Bonchev–Trinajstić information content (AvgIpc) is 2.73. The van der Waals surface area contributed by atoms with Crippen LogP contribution in [-0.4, -0.2) is 32.8 Å². The van der Waals surface area contributed by atoms with Crippen molar-refractivity contribution in [3.8, 4) is 11.4 Å². The summed E-state index contributed by atoms with van der Waals surface area (Å²) in [4.78, 5) is 38.1. The number of hydrogen-bond acceptors (Lipinski definition) is 4. The molecule has 0 atom stereocenters. The molecular formula is C23H20N4O2. The third kappa shape index (κ3) is 3.91. The summed E-state index contributed by atoms with van der Waals surface area (Å²) in [6.07, 6.45) is 3.09. The predicted molar refractivity (Wildman–Crippen MR) is 113 cm³/mol. The SMILES string of the molecule is Cc1ccc(-c2ncc(C(=O)N(C)Cc3ccc4ncccc4c3)c(=O)[nH]2)cc1. The molecule has 4 aromatic rings. The highest BCUT2D eigenvalue weighted by Gasteiger charge is 2.17. The maximum absolute atomic E-state index is 12.8. The van der Waals surface area contributed by atoms with Gasteiger partial charge < -0.3 is 9.88 Å². The summed E-state index contributed by atoms with van der Waals surface area (Å²) in [6, 6.07) is 17.4. The Morgan fingerprint density at radius 2 is 1.86 bits per heavy atom. The molecule has 0 aliphatic heterocycles. The number of pyridine rings is 1. The van der Waals surface area contributed by atoms with Crippen LogP contribution in [-0.2, 0) is 6.54 Å². The van der Waals surface area contributed by atoms with Crippen LogP contribution in [0.2, 0.25) is 0 Å². The van der Waals surface area contributed by atoms with Gasteiger partial charge in [0.05, 0.1) is 5.52 Å². The van der Waals surface area contributed by atoms with Crippen molar-refractivity contribution in [1.29, 1.82) is 0 Å². The fraction of sp³-hybridized carbons (Fsp3) is 0.130. The molecule has 0 unspecified atom stereocenters. The molecule has 0 aliphatic rings. The lowest BCUT2D eigenvalue weighted by Crippen LogP contribution is -2.31. The zero-order chi connectivity index (χ0) is 20.4. The van der Waals surface area contributed by atoms with Crippen LogP contribution in [0.25, 0.3) is 22.3 Å². The van der Waals surface area contributed by atoms with E-state index < -0.39 is 5.56 Å². The Balaban J connectivity index is 1.54. The number of carbonyl (C=O) groups excluding carboxylic acids is 1. The molecule has 0 fully saturated rings. The average molecular weight is 384 g/mol. The van der Waals surface area contributed by atoms with E-state index in [1.54, 1.807) is 13.2 Å². The van der Waals surface area contributed by atoms with Gasteiger partial charge in [-0.05, 0) is 30.7 Å². The van der Waals surface area contributed by atoms with E-state index in [4.69, 9.17) is 0 Å². The molecule has 1 amide bonds. The lowest BCUT2D eigenvalue weighted by atomic mass is 10.1. The Morgan fingerprint density at radius 3 is 2.62 bits per heavy atom. The second kappa shape index (κ2) is 7.67. The van der Waals surface area contributed by atoms with Crippen molar-refractivity contribution in [1.82, 2.24) is 19.9 Å². The Labute approximate surface area is 167 Å². The topological polar surface area (TPSA) is 79.0 Å². The van der Waals surface area contributed by atoms with Gasteiger partial charge in [-0.25, -0.2) is 4.98 Å². The molecule has 0 bridgehead atoms. The Morgan fingerprint density at radius 1 is 1.07 bits per heavy atom. The van der Waals surface area contributed by atoms with Gasteiger partial charge in [0.2, 0.25) is 0 Å². The number of aryl methyl sites for hydroxylation is 1. The summed E-state index contributed by atoms with van der Waals surface area (Å²) in [7, 11) is 1.67. The van der Waals surface area contributed by atoms with Crippen molar-refractivity contribution in [3.63, 3.8) is 0 Å². The second-order valence-electron chi connectivity index (χ2n) is 7.03. The van der Waals surface area contributed by atoms with Crippen LogP contribution in [0.1, 0.15) is 21.5 Å². The fourth-order valence-corrected chi connectivity index (χ4v) is 3.18. The van der Waals surface area contributed by atoms with Crippen molar-refractivity contribution in [2.45, 2.75) is 13.5 Å². The first-order valence-corrected chi connectivity index (χ1v) is 9.27. The van der Waals surface area contributed by atoms with E-state index in [2.05, 4.69) is 15.0 Å². The monoisotopic (exact) mass is 384 g/mol. The second-order valence-corrected chi connectivity index (χ2v) is 7.03. The van der Waals surface area contributed by atoms with Crippen LogP contribution in [0, 0.1) is 6.92 Å². The Hall–Kier alpha value is -3.80. The van der Waals surface area contributed by atoms with Crippen LogP contribution >= 0.6 is 0 Å². The number of aromatic amines is 1. The summed E-state index contributed by atoms with van der Waals surface area (Å²) >= 11 is 0. The quantitative estimate of drug-likeness (QED) is 0.583. The van der Waals surface area contributed by atoms with Crippen LogP contribution < -0.4 is 5.56 Å². The fourth-order valence-electron chi connectivity index (χ4n) is 3.18. The van der Waals surface area contributed by atoms with E-state index in [9.17, 15) is 9.59 Å². The molecule has 0 radical (unpaired) electrons. The third-order valence-electron chi connectivity index (χ3n) is 4.79. The lowest BCUT2D eigenvalue weighted by Gasteiger charge is -2.17. The lowest BCUT2D eigenvalue weighted by molar-refractivity contribution is 0.0783. The third-order valence-corrected chi connectivity index (χ3v) is 4.79. The molecular weight excluding hydrogens is 364 g/mol. The van der Waals surface area contributed by atoms with Crippen molar-refractivity contribution in [2.24, 2.45) is 0 Å². The summed E-state index contributed by atoms with van der Waals surface area (Å²) in [5, 5.41) is 1.01. The highest BCUT2D eigenvalue weighted by Crippen LogP contribution is 2.16. The highest BCUT2D eigenvalue weighted by atomic mass is 16.2. The van der Waals surface area contributed by atoms with Gasteiger partial charge in [0, 0.05) is 36.9 Å². The maximum Gasteiger partial charge on any atom is 0.264 e. The molecule has 29 heavy (non-hydrogen) atoms. The van der Waals surface area contributed by atoms with E-state index in [-0.39, 0.29) is 11.5 Å². The van der Waals surface area contributed by atoms with Crippen molar-refractivity contribution in [3.05, 3.63) is 94.0 Å². The largest absolute Gasteiger partial charge is 0.337 e. The standard InChI is InChI=1S/C23H20N4O2/c1-15-5-8-17(9-6-15)21-25-13-19(22(28)26-21)23(29)27(2)14-16-7-10-20-18(12-16)4-3-11-24-20/h3-13H,14H2,1-2H3,(H,25,26,28). The zero-order valence-corrected chi connectivity index (χ0v) is 16.2. The van der Waals surface area contributed by atoms with Gasteiger partial charge in [-0.2, -0.15) is 0 Å². The number of rotatable bonds is 4. The van der Waals surface area contributed by atoms with Crippen molar-refractivity contribution in [2.75, 3.05) is 7.05 Å². The zero-order valence-electron chi connectivity index (χ0n) is 16.2. The van der Waals surface area contributed by atoms with Crippen molar-refractivity contribution < 1.29 is 4.79 Å². The number of fused-ring (bicyclic) bond motifs is 1. The van der Waals surface area contributed by atoms with Crippen LogP contribution in [0.15, 0.2) is 71.8 Å². The van der Waals surface area contributed by atoms with Gasteiger partial charge in [0.1, 0.15) is 11.4 Å². The van der Waals surface area contributed by atoms with E-state index in [1.165, 1.54) is 11.1 Å². The molecule has 2 heterocycles. The number of hydrogen-bond donors (Lipinski definition) is 1. The molecule has 0 aliphatic carbocycles. The number of nitrogens with one attached hydrogen (secondary N) is 1. The van der Waals surface area contributed by atoms with E-state index >= 15 is 0 Å². The minimum Gasteiger partial charge on any atom is -0.337 e. The first-order valence-electron chi connectivity index (χ1n) is 9.27. The number of amides is 1. The molecule has 6 nitrogen and oxygen atoms in total. The summed E-state index contributed by atoms with van der Waals surface area (Å²) < 4.78 is 0. The number of benzene rings is 2. The van der Waals surface area contributed by atoms with Gasteiger partial charge in [-0.15, -0.1) is 0 Å². The molecule has 2 aromatic carbocycles. The van der Waals surface area contributed by atoms with Crippen LogP contribution in [0.4, 0.5) is 0 Å². The first-order chi connectivity index (χ1) is 14.0. The number of nitrogens with zero attached hydrogens (tertiary/aromatic N) is 3. The van der Waals surface area contributed by atoms with E-state index in [1.807, 2.05) is 61.5 Å². The summed E-state index contributed by atoms with van der Waals surface area (Å²) in [6.45, 7) is 2.37. The molecule has 2 aromatic heterocycles. The molecule has 0 saturated heterocycles. The van der Waals surface area contributed by atoms with Gasteiger partial charge in [-0.1, -0.05) is 42.0 Å². The minimum absolute atomic E-state index is 0.0193. The molecule has 6 heteroatoms. The number of carbonyl (C=O) groups is 1. The summed E-state index contributed by atoms with van der Waals surface area (Å²) in [5.74, 6) is 0.0664. The highest BCUT2D eigenvalue weighted by molar-refractivity contribution is 5.93. The van der Waals surface area contributed by atoms with Crippen molar-refractivity contribution >= 4 is 16.8 Å². The molecule has 4 rings (SSSR count). The van der Waals surface area contributed by atoms with E-state index in [0.29, 0.717) is 12.4 Å².